The van der Waals surface area contributed by atoms with Gasteiger partial charge in [0.25, 0.3) is 5.56 Å². The van der Waals surface area contributed by atoms with E-state index >= 15 is 0 Å². The number of rotatable bonds is 3. The number of hydrogen-bond donors (Lipinski definition) is 1. The second-order valence-electron chi connectivity index (χ2n) is 4.94. The summed E-state index contributed by atoms with van der Waals surface area (Å²) in [5.41, 5.74) is 2.28. The van der Waals surface area contributed by atoms with Crippen LogP contribution in [0.25, 0.3) is 21.9 Å². The van der Waals surface area contributed by atoms with Crippen LogP contribution in [-0.2, 0) is 6.54 Å². The van der Waals surface area contributed by atoms with E-state index in [1.54, 1.807) is 10.9 Å². The van der Waals surface area contributed by atoms with Crippen molar-refractivity contribution >= 4 is 21.9 Å². The zero-order valence-corrected chi connectivity index (χ0v) is 11.1. The van der Waals surface area contributed by atoms with Gasteiger partial charge in [0.15, 0.2) is 0 Å². The summed E-state index contributed by atoms with van der Waals surface area (Å²) in [6.07, 6.45) is 1.63. The largest absolute Gasteiger partial charge is 0.349 e. The lowest BCUT2D eigenvalue weighted by Gasteiger charge is -2.10. The Morgan fingerprint density at radius 3 is 2.89 bits per heavy atom. The molecule has 0 saturated carbocycles. The highest BCUT2D eigenvalue weighted by Gasteiger charge is 2.10. The third-order valence-corrected chi connectivity index (χ3v) is 3.27. The predicted octanol–water partition coefficient (Wildman–Crippen LogP) is 1.44. The molecule has 0 amide bonds. The predicted molar refractivity (Wildman–Crippen MR) is 76.4 cm³/mol. The summed E-state index contributed by atoms with van der Waals surface area (Å²) in [6, 6.07) is 7.84. The quantitative estimate of drug-likeness (QED) is 0.771. The van der Waals surface area contributed by atoms with E-state index in [2.05, 4.69) is 9.97 Å². The van der Waals surface area contributed by atoms with Crippen LogP contribution in [0.1, 0.15) is 0 Å². The maximum Gasteiger partial charge on any atom is 0.277 e. The van der Waals surface area contributed by atoms with E-state index in [9.17, 15) is 4.79 Å². The Bertz CT molecular complexity index is 785. The normalized spacial score (nSPS) is 11.7. The van der Waals surface area contributed by atoms with Gasteiger partial charge in [-0.15, -0.1) is 0 Å². The van der Waals surface area contributed by atoms with Gasteiger partial charge in [-0.05, 0) is 20.2 Å². The van der Waals surface area contributed by atoms with Crippen molar-refractivity contribution < 1.29 is 0 Å². The average molecular weight is 256 g/mol. The molecule has 0 spiro atoms. The smallest absolute Gasteiger partial charge is 0.277 e. The van der Waals surface area contributed by atoms with Gasteiger partial charge in [0.1, 0.15) is 11.0 Å². The van der Waals surface area contributed by atoms with Crippen LogP contribution >= 0.6 is 0 Å². The molecule has 0 unspecified atom stereocenters. The molecule has 0 bridgehead atoms. The number of fused-ring (bicyclic) bond motifs is 3. The molecule has 98 valence electrons. The summed E-state index contributed by atoms with van der Waals surface area (Å²) < 4.78 is 1.65. The molecule has 0 aliphatic heterocycles. The van der Waals surface area contributed by atoms with Crippen LogP contribution in [0.4, 0.5) is 0 Å². The molecule has 5 heteroatoms. The van der Waals surface area contributed by atoms with Crippen molar-refractivity contribution in [2.75, 3.05) is 20.6 Å². The summed E-state index contributed by atoms with van der Waals surface area (Å²) >= 11 is 0. The van der Waals surface area contributed by atoms with E-state index in [1.807, 2.05) is 43.3 Å². The summed E-state index contributed by atoms with van der Waals surface area (Å²) in [5.74, 6) is 0. The minimum atomic E-state index is -0.0111. The Morgan fingerprint density at radius 2 is 2.11 bits per heavy atom. The number of H-pyrrole nitrogens is 1. The minimum absolute atomic E-state index is 0.0111. The molecule has 0 saturated heterocycles. The van der Waals surface area contributed by atoms with Crippen LogP contribution in [0.3, 0.4) is 0 Å². The lowest BCUT2D eigenvalue weighted by Crippen LogP contribution is -2.26. The number of nitrogens with one attached hydrogen (secondary N) is 1. The molecule has 0 atom stereocenters. The summed E-state index contributed by atoms with van der Waals surface area (Å²) in [4.78, 5) is 22.0. The fraction of sp³-hybridized carbons (Fsp3) is 0.286. The Balaban J connectivity index is 2.16. The van der Waals surface area contributed by atoms with E-state index in [-0.39, 0.29) is 5.56 Å². The molecule has 3 aromatic rings. The van der Waals surface area contributed by atoms with E-state index in [1.165, 1.54) is 0 Å². The van der Waals surface area contributed by atoms with Crippen molar-refractivity contribution in [1.29, 1.82) is 0 Å². The monoisotopic (exact) mass is 256 g/mol. The van der Waals surface area contributed by atoms with Crippen LogP contribution in [0.5, 0.6) is 0 Å². The van der Waals surface area contributed by atoms with E-state index in [0.717, 1.165) is 23.0 Å². The number of para-hydroxylation sites is 1. The first-order valence-corrected chi connectivity index (χ1v) is 6.27. The first-order chi connectivity index (χ1) is 9.16. The van der Waals surface area contributed by atoms with Gasteiger partial charge in [0.2, 0.25) is 0 Å². The molecular formula is C14H16N4O. The number of aromatic nitrogens is 3. The maximum atomic E-state index is 12.4. The van der Waals surface area contributed by atoms with Crippen LogP contribution in [0.15, 0.2) is 35.4 Å². The van der Waals surface area contributed by atoms with E-state index in [0.29, 0.717) is 12.1 Å². The molecule has 3 rings (SSSR count). The Morgan fingerprint density at radius 1 is 1.32 bits per heavy atom. The first kappa shape index (κ1) is 11.9. The molecular weight excluding hydrogens is 240 g/mol. The minimum Gasteiger partial charge on any atom is -0.349 e. The molecule has 2 heterocycles. The van der Waals surface area contributed by atoms with Crippen molar-refractivity contribution in [2.45, 2.75) is 6.54 Å². The highest BCUT2D eigenvalue weighted by molar-refractivity contribution is 6.04. The first-order valence-electron chi connectivity index (χ1n) is 6.27. The summed E-state index contributed by atoms with van der Waals surface area (Å²) in [7, 11) is 3.97. The van der Waals surface area contributed by atoms with Gasteiger partial charge in [-0.2, -0.15) is 0 Å². The summed E-state index contributed by atoms with van der Waals surface area (Å²) in [6.45, 7) is 1.46. The maximum absolute atomic E-state index is 12.4. The third-order valence-electron chi connectivity index (χ3n) is 3.27. The Hall–Kier alpha value is -2.14. The molecule has 0 fully saturated rings. The molecule has 0 aliphatic rings. The zero-order chi connectivity index (χ0) is 13.4. The SMILES string of the molecule is CN(C)CCn1cnc2c([nH]c3ccccc32)c1=O. The van der Waals surface area contributed by atoms with Crippen LogP contribution < -0.4 is 5.56 Å². The van der Waals surface area contributed by atoms with E-state index in [4.69, 9.17) is 0 Å². The van der Waals surface area contributed by atoms with Crippen LogP contribution in [0, 0.1) is 0 Å². The third kappa shape index (κ3) is 2.02. The van der Waals surface area contributed by atoms with Crippen molar-refractivity contribution in [3.63, 3.8) is 0 Å². The number of benzene rings is 1. The number of hydrogen-bond acceptors (Lipinski definition) is 3. The average Bonchev–Trinajstić information content (AvgIpc) is 2.77. The van der Waals surface area contributed by atoms with Crippen LogP contribution in [-0.4, -0.2) is 40.1 Å². The number of nitrogens with zero attached hydrogens (tertiary/aromatic N) is 3. The van der Waals surface area contributed by atoms with E-state index < -0.39 is 0 Å². The number of aromatic amines is 1. The molecule has 19 heavy (non-hydrogen) atoms. The molecule has 0 radical (unpaired) electrons. The van der Waals surface area contributed by atoms with Crippen molar-refractivity contribution in [1.82, 2.24) is 19.4 Å². The van der Waals surface area contributed by atoms with Gasteiger partial charge in [0, 0.05) is 24.0 Å². The van der Waals surface area contributed by atoms with Gasteiger partial charge in [0.05, 0.1) is 6.33 Å². The van der Waals surface area contributed by atoms with Crippen molar-refractivity contribution in [3.05, 3.63) is 40.9 Å². The fourth-order valence-electron chi connectivity index (χ4n) is 2.21. The number of likely N-dealkylation sites (N-methyl/N-ethyl adjacent to an activating group) is 1. The lowest BCUT2D eigenvalue weighted by molar-refractivity contribution is 0.380. The highest BCUT2D eigenvalue weighted by Crippen LogP contribution is 2.20. The van der Waals surface area contributed by atoms with Gasteiger partial charge in [-0.1, -0.05) is 18.2 Å². The topological polar surface area (TPSA) is 53.9 Å². The fourth-order valence-corrected chi connectivity index (χ4v) is 2.21. The van der Waals surface area contributed by atoms with Crippen molar-refractivity contribution in [2.24, 2.45) is 0 Å². The Labute approximate surface area is 110 Å². The standard InChI is InChI=1S/C14H16N4O/c1-17(2)7-8-18-9-15-12-10-5-3-4-6-11(10)16-13(12)14(18)19/h3-6,9,16H,7-8H2,1-2H3. The van der Waals surface area contributed by atoms with Gasteiger partial charge in [-0.3, -0.25) is 9.36 Å². The highest BCUT2D eigenvalue weighted by atomic mass is 16.1. The van der Waals surface area contributed by atoms with Gasteiger partial charge < -0.3 is 9.88 Å². The van der Waals surface area contributed by atoms with Crippen LogP contribution in [0.2, 0.25) is 0 Å². The summed E-state index contributed by atoms with van der Waals surface area (Å²) in [5, 5.41) is 0.995. The molecule has 5 nitrogen and oxygen atoms in total. The van der Waals surface area contributed by atoms with Gasteiger partial charge >= 0.3 is 0 Å². The second-order valence-corrected chi connectivity index (χ2v) is 4.94. The molecule has 2 aromatic heterocycles. The molecule has 1 N–H and O–H groups in total. The second kappa shape index (κ2) is 4.51. The zero-order valence-electron chi connectivity index (χ0n) is 11.1. The lowest BCUT2D eigenvalue weighted by atomic mass is 10.2. The molecule has 1 aromatic carbocycles. The van der Waals surface area contributed by atoms with Gasteiger partial charge in [-0.25, -0.2) is 4.98 Å². The molecule has 0 aliphatic carbocycles. The van der Waals surface area contributed by atoms with Crippen molar-refractivity contribution in [3.8, 4) is 0 Å². The Kier molecular flexibility index (Phi) is 2.83.